The molecule has 0 saturated heterocycles. The van der Waals surface area contributed by atoms with Gasteiger partial charge in [0.2, 0.25) is 0 Å². The van der Waals surface area contributed by atoms with Crippen LogP contribution in [-0.4, -0.2) is 9.55 Å². The first kappa shape index (κ1) is 30.4. The van der Waals surface area contributed by atoms with Crippen LogP contribution in [0.25, 0.3) is 23.3 Å². The molecule has 2 N–H and O–H groups in total. The summed E-state index contributed by atoms with van der Waals surface area (Å²) < 4.78 is 1.69. The number of anilines is 1. The van der Waals surface area contributed by atoms with Gasteiger partial charge in [-0.15, -0.1) is 0 Å². The predicted molar refractivity (Wildman–Crippen MR) is 164 cm³/mol. The zero-order valence-electron chi connectivity index (χ0n) is 24.4. The second kappa shape index (κ2) is 13.6. The molecule has 3 rings (SSSR count). The lowest BCUT2D eigenvalue weighted by Crippen LogP contribution is -2.42. The Bertz CT molecular complexity index is 1450. The van der Waals surface area contributed by atoms with E-state index in [2.05, 4.69) is 56.5 Å². The molecule has 202 valence electrons. The second-order valence-electron chi connectivity index (χ2n) is 9.91. The first-order valence-corrected chi connectivity index (χ1v) is 13.3. The van der Waals surface area contributed by atoms with Gasteiger partial charge in [0.15, 0.2) is 0 Å². The van der Waals surface area contributed by atoms with Gasteiger partial charge in [-0.25, -0.2) is 0 Å². The van der Waals surface area contributed by atoms with E-state index in [1.165, 1.54) is 6.42 Å². The van der Waals surface area contributed by atoms with Crippen LogP contribution in [0.3, 0.4) is 0 Å². The van der Waals surface area contributed by atoms with Gasteiger partial charge < -0.3 is 15.2 Å². The van der Waals surface area contributed by atoms with Gasteiger partial charge in [0.05, 0.1) is 22.4 Å². The van der Waals surface area contributed by atoms with Crippen molar-refractivity contribution < 1.29 is 0 Å². The number of nitrogens with one attached hydrogen (secondary N) is 2. The molecule has 5 heteroatoms. The third-order valence-corrected chi connectivity index (χ3v) is 6.37. The Morgan fingerprint density at radius 3 is 2.34 bits per heavy atom. The Morgan fingerprint density at radius 1 is 1.11 bits per heavy atom. The highest BCUT2D eigenvalue weighted by Gasteiger charge is 2.26. The van der Waals surface area contributed by atoms with Gasteiger partial charge in [0.25, 0.3) is 5.56 Å². The van der Waals surface area contributed by atoms with E-state index in [4.69, 9.17) is 0 Å². The summed E-state index contributed by atoms with van der Waals surface area (Å²) in [7, 11) is 1.81. The maximum absolute atomic E-state index is 13.4. The molecule has 0 bridgehead atoms. The highest BCUT2D eigenvalue weighted by molar-refractivity contribution is 5.72. The summed E-state index contributed by atoms with van der Waals surface area (Å²) in [5.41, 5.74) is 4.86. The molecular weight excluding hydrogens is 468 g/mol. The molecule has 38 heavy (non-hydrogen) atoms. The van der Waals surface area contributed by atoms with Crippen LogP contribution in [0.2, 0.25) is 0 Å². The monoisotopic (exact) mass is 512 g/mol. The van der Waals surface area contributed by atoms with Gasteiger partial charge in [-0.2, -0.15) is 0 Å². The lowest BCUT2D eigenvalue weighted by atomic mass is 9.94. The topological polar surface area (TPSA) is 59.0 Å². The predicted octanol–water partition coefficient (Wildman–Crippen LogP) is 6.13. The van der Waals surface area contributed by atoms with Gasteiger partial charge in [0.1, 0.15) is 0 Å². The Kier molecular flexibility index (Phi) is 10.9. The lowest BCUT2D eigenvalue weighted by molar-refractivity contribution is 0.380. The lowest BCUT2D eigenvalue weighted by Gasteiger charge is -2.31. The van der Waals surface area contributed by atoms with Crippen LogP contribution in [0, 0.1) is 6.92 Å². The Labute approximate surface area is 228 Å². The molecule has 0 aliphatic rings. The molecule has 0 spiro atoms. The van der Waals surface area contributed by atoms with Gasteiger partial charge in [-0.3, -0.25) is 9.78 Å². The summed E-state index contributed by atoms with van der Waals surface area (Å²) in [6.45, 7) is 22.6. The van der Waals surface area contributed by atoms with Crippen molar-refractivity contribution in [2.75, 3.05) is 5.32 Å². The largest absolute Gasteiger partial charge is 0.361 e. The van der Waals surface area contributed by atoms with E-state index in [0.717, 1.165) is 45.1 Å². The maximum Gasteiger partial charge on any atom is 0.258 e. The smallest absolute Gasteiger partial charge is 0.258 e. The van der Waals surface area contributed by atoms with Crippen molar-refractivity contribution in [1.82, 2.24) is 14.9 Å². The summed E-state index contributed by atoms with van der Waals surface area (Å²) >= 11 is 0. The van der Waals surface area contributed by atoms with Gasteiger partial charge in [0, 0.05) is 24.5 Å². The number of rotatable bonds is 8. The maximum atomic E-state index is 13.4. The Morgan fingerprint density at radius 2 is 1.79 bits per heavy atom. The summed E-state index contributed by atoms with van der Waals surface area (Å²) in [4.78, 5) is 17.9. The highest BCUT2D eigenvalue weighted by Crippen LogP contribution is 2.26. The standard InChI is InChI=1S/C30H36N4O.C3H8/c1-9-23-18-26(29(35)34(8)27(23)17-20(3)4)25-19-24(15-14-21(25)5)32-22(6)33-30(7,10-2)28-13-11-12-16-31-28;1-3-2/h9,11-19,32-33H,3,6,10H2,1-2,4-5,7-8H3;3H2,1-2H3/b23-9-,27-17+;. The van der Waals surface area contributed by atoms with E-state index in [1.54, 1.807) is 17.8 Å². The molecule has 0 saturated carbocycles. The number of pyridine rings is 2. The molecule has 0 aliphatic carbocycles. The average Bonchev–Trinajstić information content (AvgIpc) is 2.89. The first-order valence-electron chi connectivity index (χ1n) is 13.3. The van der Waals surface area contributed by atoms with E-state index in [-0.39, 0.29) is 11.1 Å². The molecule has 1 aromatic carbocycles. The van der Waals surface area contributed by atoms with E-state index < -0.39 is 0 Å². The van der Waals surface area contributed by atoms with Gasteiger partial charge in [-0.05, 0) is 86.9 Å². The summed E-state index contributed by atoms with van der Waals surface area (Å²) in [5.74, 6) is 0.664. The molecular formula is C33H44N4O. The quantitative estimate of drug-likeness (QED) is 0.381. The van der Waals surface area contributed by atoms with Crippen LogP contribution >= 0.6 is 0 Å². The molecule has 2 heterocycles. The molecule has 1 atom stereocenters. The van der Waals surface area contributed by atoms with Crippen LogP contribution < -0.4 is 26.8 Å². The molecule has 0 aliphatic heterocycles. The zero-order chi connectivity index (χ0) is 28.5. The number of allylic oxidation sites excluding steroid dienone is 1. The Hall–Kier alpha value is -3.86. The minimum Gasteiger partial charge on any atom is -0.361 e. The molecule has 0 fully saturated rings. The SMILES string of the molecule is C=C(C)/C=c1\c(=C/C)cc(-c2cc(NC(=C)NC(C)(CC)c3ccccn3)ccc2C)c(=O)n1C.CCC. The highest BCUT2D eigenvalue weighted by atomic mass is 16.1. The first-order chi connectivity index (χ1) is 18.0. The van der Waals surface area contributed by atoms with E-state index in [1.807, 2.05) is 75.4 Å². The van der Waals surface area contributed by atoms with E-state index >= 15 is 0 Å². The van der Waals surface area contributed by atoms with Crippen LogP contribution in [-0.2, 0) is 12.6 Å². The number of aryl methyl sites for hydroxylation is 1. The van der Waals surface area contributed by atoms with Crippen molar-refractivity contribution >= 4 is 17.8 Å². The van der Waals surface area contributed by atoms with Crippen molar-refractivity contribution in [2.45, 2.75) is 66.8 Å². The summed E-state index contributed by atoms with van der Waals surface area (Å²) in [6, 6.07) is 13.9. The van der Waals surface area contributed by atoms with Gasteiger partial charge >= 0.3 is 0 Å². The molecule has 2 aromatic heterocycles. The molecule has 1 unspecified atom stereocenters. The number of hydrogen-bond acceptors (Lipinski definition) is 4. The third kappa shape index (κ3) is 7.34. The van der Waals surface area contributed by atoms with Crippen LogP contribution in [0.1, 0.15) is 65.6 Å². The van der Waals surface area contributed by atoms with Crippen molar-refractivity contribution in [1.29, 1.82) is 0 Å². The van der Waals surface area contributed by atoms with Crippen LogP contribution in [0.4, 0.5) is 5.69 Å². The molecule has 0 radical (unpaired) electrons. The number of nitrogens with zero attached hydrogens (tertiary/aromatic N) is 2. The van der Waals surface area contributed by atoms with Crippen molar-refractivity contribution in [3.8, 4) is 11.1 Å². The fraction of sp³-hybridized carbons (Fsp3) is 0.333. The number of aromatic nitrogens is 2. The van der Waals surface area contributed by atoms with Crippen molar-refractivity contribution in [3.63, 3.8) is 0 Å². The number of benzene rings is 1. The summed E-state index contributed by atoms with van der Waals surface area (Å²) in [6.07, 6.45) is 7.84. The van der Waals surface area contributed by atoms with Crippen LogP contribution in [0.5, 0.6) is 0 Å². The Balaban J connectivity index is 0.00000161. The molecule has 5 nitrogen and oxygen atoms in total. The van der Waals surface area contributed by atoms with E-state index in [9.17, 15) is 4.79 Å². The van der Waals surface area contributed by atoms with Gasteiger partial charge in [-0.1, -0.05) is 64.1 Å². The fourth-order valence-electron chi connectivity index (χ4n) is 4.16. The second-order valence-corrected chi connectivity index (χ2v) is 9.91. The average molecular weight is 513 g/mol. The minimum atomic E-state index is -0.365. The minimum absolute atomic E-state index is 0.0472. The van der Waals surface area contributed by atoms with Crippen molar-refractivity contribution in [2.24, 2.45) is 7.05 Å². The van der Waals surface area contributed by atoms with Crippen LogP contribution in [0.15, 0.2) is 78.0 Å². The van der Waals surface area contributed by atoms with Crippen molar-refractivity contribution in [3.05, 3.63) is 105 Å². The zero-order valence-corrected chi connectivity index (χ0v) is 24.4. The third-order valence-electron chi connectivity index (χ3n) is 6.37. The fourth-order valence-corrected chi connectivity index (χ4v) is 4.16. The molecule has 0 amide bonds. The normalized spacial score (nSPS) is 13.3. The van der Waals surface area contributed by atoms with E-state index in [0.29, 0.717) is 11.4 Å². The molecule has 3 aromatic rings. The number of hydrogen-bond donors (Lipinski definition) is 2. The summed E-state index contributed by atoms with van der Waals surface area (Å²) in [5, 5.41) is 8.71.